The molecule has 0 atom stereocenters. The van der Waals surface area contributed by atoms with E-state index >= 15 is 0 Å². The Labute approximate surface area is 91.6 Å². The minimum Gasteiger partial charge on any atom is -0.543 e. The molecule has 0 aliphatic heterocycles. The van der Waals surface area contributed by atoms with Crippen molar-refractivity contribution in [2.45, 2.75) is 0 Å². The predicted molar refractivity (Wildman–Crippen MR) is 55.7 cm³/mol. The van der Waals surface area contributed by atoms with Gasteiger partial charge in [0.2, 0.25) is 0 Å². The average Bonchev–Trinajstić information content (AvgIpc) is 2.71. The number of carbonyl (C=O) groups is 1. The number of rotatable bonds is 3. The Bertz CT molecular complexity index is 544. The highest BCUT2D eigenvalue weighted by Crippen LogP contribution is 2.31. The summed E-state index contributed by atoms with van der Waals surface area (Å²) < 4.78 is 10.2. The fourth-order valence-electron chi connectivity index (χ4n) is 1.58. The van der Waals surface area contributed by atoms with E-state index in [2.05, 4.69) is 4.98 Å². The smallest absolute Gasteiger partial charge is 0.131 e. The molecule has 2 aromatic rings. The van der Waals surface area contributed by atoms with Crippen molar-refractivity contribution >= 4 is 16.9 Å². The summed E-state index contributed by atoms with van der Waals surface area (Å²) in [5, 5.41) is 11.4. The molecule has 1 N–H and O–H groups in total. The second-order valence-corrected chi connectivity index (χ2v) is 3.26. The van der Waals surface area contributed by atoms with Crippen molar-refractivity contribution in [3.63, 3.8) is 0 Å². The second-order valence-electron chi connectivity index (χ2n) is 3.26. The minimum atomic E-state index is -1.25. The van der Waals surface area contributed by atoms with E-state index < -0.39 is 5.97 Å². The molecule has 0 saturated carbocycles. The lowest BCUT2D eigenvalue weighted by Gasteiger charge is -2.04. The van der Waals surface area contributed by atoms with E-state index in [0.29, 0.717) is 22.4 Å². The van der Waals surface area contributed by atoms with E-state index in [1.807, 2.05) is 0 Å². The van der Waals surface area contributed by atoms with Crippen molar-refractivity contribution in [3.8, 4) is 11.5 Å². The normalized spacial score (nSPS) is 10.4. The fraction of sp³-hybridized carbons (Fsp3) is 0.182. The maximum atomic E-state index is 10.7. The highest BCUT2D eigenvalue weighted by atomic mass is 16.5. The van der Waals surface area contributed by atoms with E-state index in [9.17, 15) is 9.90 Å². The van der Waals surface area contributed by atoms with Gasteiger partial charge >= 0.3 is 0 Å². The molecule has 0 saturated heterocycles. The SMILES string of the molecule is COc1cc(OC)c2cc(C(=O)[O-])[nH]c2c1. The van der Waals surface area contributed by atoms with E-state index in [1.54, 1.807) is 12.1 Å². The lowest BCUT2D eigenvalue weighted by molar-refractivity contribution is -0.255. The molecule has 1 aromatic carbocycles. The number of nitrogens with one attached hydrogen (secondary N) is 1. The van der Waals surface area contributed by atoms with Gasteiger partial charge in [-0.2, -0.15) is 0 Å². The average molecular weight is 220 g/mol. The molecule has 0 aliphatic carbocycles. The summed E-state index contributed by atoms with van der Waals surface area (Å²) in [4.78, 5) is 13.4. The molecular weight excluding hydrogens is 210 g/mol. The van der Waals surface area contributed by atoms with Crippen molar-refractivity contribution in [1.29, 1.82) is 0 Å². The van der Waals surface area contributed by atoms with E-state index in [1.165, 1.54) is 20.3 Å². The van der Waals surface area contributed by atoms with Crippen molar-refractivity contribution in [1.82, 2.24) is 4.98 Å². The van der Waals surface area contributed by atoms with E-state index in [-0.39, 0.29) is 5.69 Å². The molecule has 1 aromatic heterocycles. The van der Waals surface area contributed by atoms with Gasteiger partial charge < -0.3 is 24.4 Å². The van der Waals surface area contributed by atoms with Gasteiger partial charge in [-0.05, 0) is 6.07 Å². The van der Waals surface area contributed by atoms with Gasteiger partial charge in [-0.1, -0.05) is 0 Å². The Morgan fingerprint density at radius 3 is 2.56 bits per heavy atom. The van der Waals surface area contributed by atoms with Crippen molar-refractivity contribution in [2.75, 3.05) is 14.2 Å². The second kappa shape index (κ2) is 3.77. The summed E-state index contributed by atoms with van der Waals surface area (Å²) in [6, 6.07) is 4.86. The maximum Gasteiger partial charge on any atom is 0.131 e. The van der Waals surface area contributed by atoms with Crippen LogP contribution in [-0.2, 0) is 0 Å². The van der Waals surface area contributed by atoms with Crippen molar-refractivity contribution in [3.05, 3.63) is 23.9 Å². The van der Waals surface area contributed by atoms with Gasteiger partial charge in [0, 0.05) is 17.5 Å². The molecule has 2 rings (SSSR count). The first kappa shape index (κ1) is 10.4. The van der Waals surface area contributed by atoms with Crippen molar-refractivity contribution in [2.24, 2.45) is 0 Å². The number of carbonyl (C=O) groups excluding carboxylic acids is 1. The van der Waals surface area contributed by atoms with E-state index in [4.69, 9.17) is 9.47 Å². The molecule has 1 heterocycles. The number of aromatic carboxylic acids is 1. The van der Waals surface area contributed by atoms with Gasteiger partial charge in [0.25, 0.3) is 0 Å². The number of carboxylic acid groups (broad SMARTS) is 1. The third-order valence-electron chi connectivity index (χ3n) is 2.35. The third-order valence-corrected chi connectivity index (χ3v) is 2.35. The van der Waals surface area contributed by atoms with Gasteiger partial charge in [-0.25, -0.2) is 0 Å². The number of hydrogen-bond donors (Lipinski definition) is 1. The molecule has 5 nitrogen and oxygen atoms in total. The minimum absolute atomic E-state index is 0.0153. The number of carboxylic acids is 1. The Kier molecular flexibility index (Phi) is 2.44. The molecule has 0 spiro atoms. The zero-order valence-electron chi connectivity index (χ0n) is 8.87. The number of methoxy groups -OCH3 is 2. The first-order valence-corrected chi connectivity index (χ1v) is 4.62. The van der Waals surface area contributed by atoms with Crippen LogP contribution in [0, 0.1) is 0 Å². The van der Waals surface area contributed by atoms with E-state index in [0.717, 1.165) is 0 Å². The molecule has 0 aliphatic rings. The van der Waals surface area contributed by atoms with Crippen LogP contribution in [-0.4, -0.2) is 25.2 Å². The number of hydrogen-bond acceptors (Lipinski definition) is 4. The lowest BCUT2D eigenvalue weighted by Crippen LogP contribution is -2.22. The predicted octanol–water partition coefficient (Wildman–Crippen LogP) is 0.549. The Hall–Kier alpha value is -2.17. The van der Waals surface area contributed by atoms with Gasteiger partial charge in [-0.15, -0.1) is 0 Å². The standard InChI is InChI=1S/C11H11NO4/c1-15-6-3-8-7(10(4-6)16-2)5-9(12-8)11(13)14/h3-5,12H,1-2H3,(H,13,14)/p-1. The molecule has 0 fully saturated rings. The maximum absolute atomic E-state index is 10.7. The molecule has 0 unspecified atom stereocenters. The monoisotopic (exact) mass is 220 g/mol. The topological polar surface area (TPSA) is 74.4 Å². The Morgan fingerprint density at radius 2 is 2.00 bits per heavy atom. The lowest BCUT2D eigenvalue weighted by atomic mass is 10.2. The number of aromatic amines is 1. The first-order chi connectivity index (χ1) is 7.65. The first-order valence-electron chi connectivity index (χ1n) is 4.62. The zero-order valence-corrected chi connectivity index (χ0v) is 8.87. The Morgan fingerprint density at radius 1 is 1.25 bits per heavy atom. The van der Waals surface area contributed by atoms with Crippen LogP contribution in [0.1, 0.15) is 10.5 Å². The van der Waals surface area contributed by atoms with Crippen LogP contribution in [0.3, 0.4) is 0 Å². The summed E-state index contributed by atoms with van der Waals surface area (Å²) in [6.07, 6.45) is 0. The van der Waals surface area contributed by atoms with Crippen LogP contribution < -0.4 is 14.6 Å². The summed E-state index contributed by atoms with van der Waals surface area (Å²) in [5.74, 6) is -0.105. The van der Waals surface area contributed by atoms with Crippen LogP contribution in [0.5, 0.6) is 11.5 Å². The van der Waals surface area contributed by atoms with Gasteiger partial charge in [0.1, 0.15) is 11.5 Å². The molecule has 16 heavy (non-hydrogen) atoms. The van der Waals surface area contributed by atoms with Gasteiger partial charge in [-0.3, -0.25) is 0 Å². The highest BCUT2D eigenvalue weighted by molar-refractivity contribution is 5.96. The van der Waals surface area contributed by atoms with Crippen LogP contribution in [0.15, 0.2) is 18.2 Å². The quantitative estimate of drug-likeness (QED) is 0.819. The van der Waals surface area contributed by atoms with Crippen LogP contribution in [0.25, 0.3) is 10.9 Å². The molecule has 84 valence electrons. The zero-order chi connectivity index (χ0) is 11.7. The van der Waals surface area contributed by atoms with Gasteiger partial charge in [0.15, 0.2) is 0 Å². The van der Waals surface area contributed by atoms with Crippen molar-refractivity contribution < 1.29 is 19.4 Å². The Balaban J connectivity index is 2.69. The highest BCUT2D eigenvalue weighted by Gasteiger charge is 2.09. The number of fused-ring (bicyclic) bond motifs is 1. The van der Waals surface area contributed by atoms with Gasteiger partial charge in [0.05, 0.1) is 31.4 Å². The molecule has 5 heteroatoms. The number of benzene rings is 1. The fourth-order valence-corrected chi connectivity index (χ4v) is 1.58. The summed E-state index contributed by atoms with van der Waals surface area (Å²) in [6.45, 7) is 0. The van der Waals surface area contributed by atoms with Crippen LogP contribution in [0.4, 0.5) is 0 Å². The summed E-state index contributed by atoms with van der Waals surface area (Å²) in [5.41, 5.74) is 0.650. The third kappa shape index (κ3) is 1.56. The summed E-state index contributed by atoms with van der Waals surface area (Å²) in [7, 11) is 3.04. The van der Waals surface area contributed by atoms with Crippen LogP contribution >= 0.6 is 0 Å². The number of H-pyrrole nitrogens is 1. The molecule has 0 bridgehead atoms. The summed E-state index contributed by atoms with van der Waals surface area (Å²) >= 11 is 0. The van der Waals surface area contributed by atoms with Crippen LogP contribution in [0.2, 0.25) is 0 Å². The largest absolute Gasteiger partial charge is 0.543 e. The molecule has 0 amide bonds. The molecular formula is C11H10NO4-. The number of aromatic nitrogens is 1. The molecule has 0 radical (unpaired) electrons. The number of ether oxygens (including phenoxy) is 2.